The van der Waals surface area contributed by atoms with Crippen LogP contribution in [0.1, 0.15) is 19.8 Å². The molecule has 0 aliphatic heterocycles. The normalized spacial score (nSPS) is 16.7. The summed E-state index contributed by atoms with van der Waals surface area (Å²) >= 11 is 0. The van der Waals surface area contributed by atoms with E-state index in [0.29, 0.717) is 5.92 Å². The molecule has 0 spiro atoms. The molecule has 0 saturated heterocycles. The first-order valence-electron chi connectivity index (χ1n) is 3.90. The van der Waals surface area contributed by atoms with E-state index in [1.54, 1.807) is 6.92 Å². The van der Waals surface area contributed by atoms with E-state index >= 15 is 0 Å². The topological polar surface area (TPSA) is 52.9 Å². The third-order valence-electron chi connectivity index (χ3n) is 1.76. The minimum atomic E-state index is -0.351. The summed E-state index contributed by atoms with van der Waals surface area (Å²) in [7, 11) is 0. The number of hydrogen-bond donors (Lipinski definition) is 1. The summed E-state index contributed by atoms with van der Waals surface area (Å²) in [4.78, 5) is 10.9. The van der Waals surface area contributed by atoms with Crippen LogP contribution in [-0.2, 0) is 4.79 Å². The second-order valence-electron chi connectivity index (χ2n) is 2.79. The Kier molecular flexibility index (Phi) is 2.71. The average Bonchev–Trinajstić information content (AvgIpc) is 2.83. The van der Waals surface area contributed by atoms with E-state index in [2.05, 4.69) is 23.2 Å². The van der Waals surface area contributed by atoms with Crippen LogP contribution < -0.4 is 5.32 Å². The Hall–Kier alpha value is -1.48. The molecular weight excluding hydrogens is 152 g/mol. The van der Waals surface area contributed by atoms with Gasteiger partial charge in [-0.25, -0.2) is 0 Å². The summed E-state index contributed by atoms with van der Waals surface area (Å²) in [6.45, 7) is 1.60. The van der Waals surface area contributed by atoms with Crippen LogP contribution >= 0.6 is 0 Å². The maximum absolute atomic E-state index is 10.9. The first-order chi connectivity index (χ1) is 5.77. The molecule has 62 valence electrons. The van der Waals surface area contributed by atoms with E-state index in [4.69, 9.17) is 5.26 Å². The summed E-state index contributed by atoms with van der Waals surface area (Å²) in [6.07, 6.45) is 2.08. The first-order valence-corrected chi connectivity index (χ1v) is 3.90. The zero-order valence-electron chi connectivity index (χ0n) is 6.92. The number of nitriles is 1. The molecule has 3 heteroatoms. The van der Waals surface area contributed by atoms with Gasteiger partial charge in [-0.15, -0.1) is 0 Å². The molecule has 12 heavy (non-hydrogen) atoms. The van der Waals surface area contributed by atoms with Crippen LogP contribution in [-0.4, -0.2) is 11.9 Å². The summed E-state index contributed by atoms with van der Waals surface area (Å²) in [6, 6.07) is 1.72. The van der Waals surface area contributed by atoms with Crippen LogP contribution in [0.5, 0.6) is 0 Å². The Morgan fingerprint density at radius 3 is 2.75 bits per heavy atom. The minimum Gasteiger partial charge on any atom is -0.329 e. The Labute approximate surface area is 71.8 Å². The molecule has 0 heterocycles. The van der Waals surface area contributed by atoms with E-state index < -0.39 is 0 Å². The molecule has 0 aromatic rings. The first kappa shape index (κ1) is 8.62. The van der Waals surface area contributed by atoms with Crippen molar-refractivity contribution in [3.8, 4) is 17.9 Å². The number of hydrogen-bond acceptors (Lipinski definition) is 2. The number of carbonyl (C=O) groups is 1. The number of nitrogens with one attached hydrogen (secondary N) is 1. The third kappa shape index (κ3) is 2.29. The van der Waals surface area contributed by atoms with Gasteiger partial charge in [0.25, 0.3) is 5.91 Å². The third-order valence-corrected chi connectivity index (χ3v) is 1.76. The lowest BCUT2D eigenvalue weighted by atomic mass is 10.2. The summed E-state index contributed by atoms with van der Waals surface area (Å²) in [5, 5.41) is 11.2. The molecule has 0 aromatic heterocycles. The molecule has 0 radical (unpaired) electrons. The summed E-state index contributed by atoms with van der Waals surface area (Å²) in [5.41, 5.74) is 0. The van der Waals surface area contributed by atoms with Gasteiger partial charge in [-0.05, 0) is 31.6 Å². The number of amides is 1. The highest BCUT2D eigenvalue weighted by molar-refractivity contribution is 5.93. The van der Waals surface area contributed by atoms with E-state index in [9.17, 15) is 4.79 Å². The quantitative estimate of drug-likeness (QED) is 0.598. The number of nitrogens with zero attached hydrogens (tertiary/aromatic N) is 1. The standard InChI is InChI=1S/C9H10N2O/c1-2-3-9(12)11-8(6-10)7-4-5-7/h7-8H,4-5H2,1H3,(H,11,12). The van der Waals surface area contributed by atoms with Crippen molar-refractivity contribution in [2.24, 2.45) is 5.92 Å². The monoisotopic (exact) mass is 162 g/mol. The van der Waals surface area contributed by atoms with Gasteiger partial charge >= 0.3 is 0 Å². The van der Waals surface area contributed by atoms with E-state index in [-0.39, 0.29) is 11.9 Å². The van der Waals surface area contributed by atoms with Crippen molar-refractivity contribution in [3.63, 3.8) is 0 Å². The zero-order valence-corrected chi connectivity index (χ0v) is 6.92. The predicted octanol–water partition coefficient (Wildman–Crippen LogP) is 0.428. The van der Waals surface area contributed by atoms with Crippen LogP contribution in [0.25, 0.3) is 0 Å². The molecule has 0 bridgehead atoms. The molecule has 1 fully saturated rings. The van der Waals surface area contributed by atoms with Crippen molar-refractivity contribution >= 4 is 5.91 Å². The van der Waals surface area contributed by atoms with Gasteiger partial charge in [-0.2, -0.15) is 5.26 Å². The van der Waals surface area contributed by atoms with E-state index in [0.717, 1.165) is 12.8 Å². The van der Waals surface area contributed by atoms with Gasteiger partial charge in [0, 0.05) is 0 Å². The van der Waals surface area contributed by atoms with Crippen LogP contribution in [0.4, 0.5) is 0 Å². The van der Waals surface area contributed by atoms with Gasteiger partial charge < -0.3 is 5.32 Å². The van der Waals surface area contributed by atoms with Gasteiger partial charge in [0.05, 0.1) is 6.07 Å². The smallest absolute Gasteiger partial charge is 0.296 e. The van der Waals surface area contributed by atoms with Crippen molar-refractivity contribution in [2.45, 2.75) is 25.8 Å². The Morgan fingerprint density at radius 1 is 1.67 bits per heavy atom. The Bertz CT molecular complexity index is 275. The van der Waals surface area contributed by atoms with Crippen LogP contribution in [0.15, 0.2) is 0 Å². The fourth-order valence-electron chi connectivity index (χ4n) is 0.976. The van der Waals surface area contributed by atoms with Crippen molar-refractivity contribution in [2.75, 3.05) is 0 Å². The molecule has 1 saturated carbocycles. The fraction of sp³-hybridized carbons (Fsp3) is 0.556. The molecule has 1 N–H and O–H groups in total. The SMILES string of the molecule is CC#CC(=O)NC(C#N)C1CC1. The van der Waals surface area contributed by atoms with Gasteiger partial charge in [-0.1, -0.05) is 5.92 Å². The highest BCUT2D eigenvalue weighted by Crippen LogP contribution is 2.32. The molecular formula is C9H10N2O. The van der Waals surface area contributed by atoms with Crippen molar-refractivity contribution in [1.82, 2.24) is 5.32 Å². The number of carbonyl (C=O) groups excluding carboxylic acids is 1. The second kappa shape index (κ2) is 3.78. The highest BCUT2D eigenvalue weighted by atomic mass is 16.1. The minimum absolute atomic E-state index is 0.335. The van der Waals surface area contributed by atoms with Crippen molar-refractivity contribution in [1.29, 1.82) is 5.26 Å². The molecule has 1 unspecified atom stereocenters. The summed E-state index contributed by atoms with van der Waals surface area (Å²) in [5.74, 6) is 4.83. The van der Waals surface area contributed by atoms with Crippen LogP contribution in [0.2, 0.25) is 0 Å². The molecule has 1 aliphatic carbocycles. The fourth-order valence-corrected chi connectivity index (χ4v) is 0.976. The van der Waals surface area contributed by atoms with E-state index in [1.165, 1.54) is 0 Å². The second-order valence-corrected chi connectivity index (χ2v) is 2.79. The lowest BCUT2D eigenvalue weighted by Gasteiger charge is -2.05. The van der Waals surface area contributed by atoms with Crippen LogP contribution in [0, 0.1) is 29.1 Å². The van der Waals surface area contributed by atoms with Crippen molar-refractivity contribution in [3.05, 3.63) is 0 Å². The van der Waals surface area contributed by atoms with Gasteiger partial charge in [0.1, 0.15) is 6.04 Å². The highest BCUT2D eigenvalue weighted by Gasteiger charge is 2.31. The molecule has 1 atom stereocenters. The van der Waals surface area contributed by atoms with E-state index in [1.807, 2.05) is 0 Å². The Morgan fingerprint density at radius 2 is 2.33 bits per heavy atom. The molecule has 3 nitrogen and oxygen atoms in total. The predicted molar refractivity (Wildman–Crippen MR) is 43.7 cm³/mol. The molecule has 1 rings (SSSR count). The zero-order chi connectivity index (χ0) is 8.97. The van der Waals surface area contributed by atoms with Crippen LogP contribution in [0.3, 0.4) is 0 Å². The average molecular weight is 162 g/mol. The molecule has 1 amide bonds. The maximum Gasteiger partial charge on any atom is 0.296 e. The van der Waals surface area contributed by atoms with Gasteiger partial charge in [0.15, 0.2) is 0 Å². The largest absolute Gasteiger partial charge is 0.329 e. The Balaban J connectivity index is 2.41. The maximum atomic E-state index is 10.9. The molecule has 0 aromatic carbocycles. The van der Waals surface area contributed by atoms with Crippen molar-refractivity contribution < 1.29 is 4.79 Å². The van der Waals surface area contributed by atoms with Gasteiger partial charge in [0.2, 0.25) is 0 Å². The summed E-state index contributed by atoms with van der Waals surface area (Å²) < 4.78 is 0. The lowest BCUT2D eigenvalue weighted by molar-refractivity contribution is -0.116. The van der Waals surface area contributed by atoms with Gasteiger partial charge in [-0.3, -0.25) is 4.79 Å². The lowest BCUT2D eigenvalue weighted by Crippen LogP contribution is -2.34. The molecule has 1 aliphatic rings. The number of rotatable bonds is 2.